The molecule has 1 heterocycles. The molecule has 1 aromatic heterocycles. The summed E-state index contributed by atoms with van der Waals surface area (Å²) < 4.78 is 5.13. The van der Waals surface area contributed by atoms with Gasteiger partial charge in [-0.2, -0.15) is 0 Å². The summed E-state index contributed by atoms with van der Waals surface area (Å²) in [7, 11) is 1.47. The minimum absolute atomic E-state index is 0.0776. The number of benzene rings is 2. The zero-order chi connectivity index (χ0) is 18.0. The van der Waals surface area contributed by atoms with Gasteiger partial charge in [-0.3, -0.25) is 14.9 Å². The minimum Gasteiger partial charge on any atom is -0.505 e. The van der Waals surface area contributed by atoms with Gasteiger partial charge in [-0.15, -0.1) is 10.2 Å². The van der Waals surface area contributed by atoms with Crippen LogP contribution in [0.2, 0.25) is 0 Å². The first-order valence-corrected chi connectivity index (χ1v) is 7.10. The first kappa shape index (κ1) is 16.1. The smallest absolute Gasteiger partial charge is 0.293 e. The first-order chi connectivity index (χ1) is 12.0. The second-order valence-electron chi connectivity index (χ2n) is 4.98. The van der Waals surface area contributed by atoms with Gasteiger partial charge in [0.15, 0.2) is 11.4 Å². The lowest BCUT2D eigenvalue weighted by Crippen LogP contribution is -2.06. The van der Waals surface area contributed by atoms with E-state index in [4.69, 9.17) is 4.74 Å². The fourth-order valence-electron chi connectivity index (χ4n) is 2.34. The van der Waals surface area contributed by atoms with Crippen LogP contribution in [0.1, 0.15) is 0 Å². The van der Waals surface area contributed by atoms with Gasteiger partial charge in [-0.25, -0.2) is 0 Å². The van der Waals surface area contributed by atoms with Crippen molar-refractivity contribution in [2.75, 3.05) is 7.11 Å². The zero-order valence-electron chi connectivity index (χ0n) is 13.0. The van der Waals surface area contributed by atoms with E-state index >= 15 is 0 Å². The normalized spacial score (nSPS) is 11.1. The van der Waals surface area contributed by atoms with Crippen LogP contribution < -0.4 is 10.3 Å². The van der Waals surface area contributed by atoms with Crippen molar-refractivity contribution in [1.82, 2.24) is 4.98 Å². The standard InChI is InChI=1S/C16H12N4O5/c1-25-12-8-3-2-6-10(12)18-19-14-15(21)9-5-4-7-11(20(23)24)13(9)17-16(14)22/h2-8H,1H3,(H2,17,21,22). The SMILES string of the molecule is COc1ccccc1N=Nc1c(O)c2cccc([N+](=O)[O-])c2[nH]c1=O. The Morgan fingerprint density at radius 3 is 2.64 bits per heavy atom. The number of aromatic amines is 1. The molecule has 2 aromatic carbocycles. The molecule has 0 saturated heterocycles. The fraction of sp³-hybridized carbons (Fsp3) is 0.0625. The van der Waals surface area contributed by atoms with Crippen LogP contribution >= 0.6 is 0 Å². The van der Waals surface area contributed by atoms with Gasteiger partial charge in [-0.1, -0.05) is 18.2 Å². The number of nitro benzene ring substituents is 1. The van der Waals surface area contributed by atoms with E-state index < -0.39 is 16.2 Å². The Labute approximate surface area is 140 Å². The molecule has 0 saturated carbocycles. The van der Waals surface area contributed by atoms with E-state index in [1.807, 2.05) is 0 Å². The highest BCUT2D eigenvalue weighted by atomic mass is 16.6. The predicted molar refractivity (Wildman–Crippen MR) is 90.1 cm³/mol. The summed E-state index contributed by atoms with van der Waals surface area (Å²) in [6.07, 6.45) is 0. The summed E-state index contributed by atoms with van der Waals surface area (Å²) in [5.74, 6) is -0.0420. The number of aromatic nitrogens is 1. The number of rotatable bonds is 4. The summed E-state index contributed by atoms with van der Waals surface area (Å²) >= 11 is 0. The number of nitro groups is 1. The molecule has 3 aromatic rings. The van der Waals surface area contributed by atoms with Gasteiger partial charge in [0.2, 0.25) is 0 Å². The largest absolute Gasteiger partial charge is 0.505 e. The summed E-state index contributed by atoms with van der Waals surface area (Å²) in [5, 5.41) is 29.2. The number of hydrogen-bond acceptors (Lipinski definition) is 7. The number of para-hydroxylation sites is 2. The van der Waals surface area contributed by atoms with E-state index in [0.717, 1.165) is 0 Å². The van der Waals surface area contributed by atoms with E-state index in [0.29, 0.717) is 11.4 Å². The Hall–Kier alpha value is -3.75. The molecule has 0 spiro atoms. The maximum Gasteiger partial charge on any atom is 0.293 e. The van der Waals surface area contributed by atoms with Crippen molar-refractivity contribution in [2.24, 2.45) is 10.2 Å². The molecule has 25 heavy (non-hydrogen) atoms. The van der Waals surface area contributed by atoms with Gasteiger partial charge in [0.05, 0.1) is 12.0 Å². The maximum absolute atomic E-state index is 12.2. The zero-order valence-corrected chi connectivity index (χ0v) is 13.0. The number of fused-ring (bicyclic) bond motifs is 1. The van der Waals surface area contributed by atoms with E-state index in [1.165, 1.54) is 25.3 Å². The number of methoxy groups -OCH3 is 1. The first-order valence-electron chi connectivity index (χ1n) is 7.10. The number of non-ortho nitro benzene ring substituents is 1. The van der Waals surface area contributed by atoms with Crippen LogP contribution in [0.15, 0.2) is 57.5 Å². The van der Waals surface area contributed by atoms with Crippen molar-refractivity contribution in [1.29, 1.82) is 0 Å². The van der Waals surface area contributed by atoms with Gasteiger partial charge in [0.25, 0.3) is 11.2 Å². The molecule has 0 amide bonds. The highest BCUT2D eigenvalue weighted by Crippen LogP contribution is 2.35. The number of pyridine rings is 1. The van der Waals surface area contributed by atoms with Gasteiger partial charge >= 0.3 is 0 Å². The number of nitrogens with zero attached hydrogens (tertiary/aromatic N) is 3. The Bertz CT molecular complexity index is 1060. The average Bonchev–Trinajstić information content (AvgIpc) is 2.61. The summed E-state index contributed by atoms with van der Waals surface area (Å²) in [5.41, 5.74) is -1.18. The van der Waals surface area contributed by atoms with Crippen molar-refractivity contribution in [3.8, 4) is 11.5 Å². The number of hydrogen-bond donors (Lipinski definition) is 2. The lowest BCUT2D eigenvalue weighted by molar-refractivity contribution is -0.383. The number of nitrogens with one attached hydrogen (secondary N) is 1. The maximum atomic E-state index is 12.2. The summed E-state index contributed by atoms with van der Waals surface area (Å²) in [6.45, 7) is 0. The molecule has 0 radical (unpaired) electrons. The second-order valence-corrected chi connectivity index (χ2v) is 4.98. The Morgan fingerprint density at radius 2 is 1.92 bits per heavy atom. The van der Waals surface area contributed by atoms with Crippen molar-refractivity contribution < 1.29 is 14.8 Å². The number of aromatic hydroxyl groups is 1. The molecule has 126 valence electrons. The van der Waals surface area contributed by atoms with Gasteiger partial charge in [-0.05, 0) is 18.2 Å². The van der Waals surface area contributed by atoms with E-state index in [2.05, 4.69) is 15.2 Å². The molecule has 0 aliphatic rings. The van der Waals surface area contributed by atoms with Crippen LogP contribution in [-0.2, 0) is 0 Å². The molecule has 0 aliphatic carbocycles. The van der Waals surface area contributed by atoms with Crippen molar-refractivity contribution in [3.05, 3.63) is 62.9 Å². The Balaban J connectivity index is 2.16. The van der Waals surface area contributed by atoms with E-state index in [1.54, 1.807) is 24.3 Å². The molecule has 3 rings (SSSR count). The highest BCUT2D eigenvalue weighted by molar-refractivity contribution is 5.94. The molecule has 0 bridgehead atoms. The van der Waals surface area contributed by atoms with Gasteiger partial charge in [0, 0.05) is 11.5 Å². The predicted octanol–water partition coefficient (Wildman–Crippen LogP) is 3.57. The molecule has 0 atom stereocenters. The van der Waals surface area contributed by atoms with Crippen LogP contribution in [-0.4, -0.2) is 22.1 Å². The number of ether oxygens (including phenoxy) is 1. The third kappa shape index (κ3) is 2.90. The van der Waals surface area contributed by atoms with Crippen LogP contribution in [0.25, 0.3) is 10.9 Å². The topological polar surface area (TPSA) is 130 Å². The minimum atomic E-state index is -0.794. The average molecular weight is 340 g/mol. The number of H-pyrrole nitrogens is 1. The lowest BCUT2D eigenvalue weighted by Gasteiger charge is -2.04. The van der Waals surface area contributed by atoms with Crippen molar-refractivity contribution in [2.45, 2.75) is 0 Å². The molecule has 9 nitrogen and oxygen atoms in total. The molecular formula is C16H12N4O5. The van der Waals surface area contributed by atoms with Crippen molar-refractivity contribution in [3.63, 3.8) is 0 Å². The lowest BCUT2D eigenvalue weighted by atomic mass is 10.1. The monoisotopic (exact) mass is 340 g/mol. The number of azo groups is 1. The molecule has 0 aliphatic heterocycles. The van der Waals surface area contributed by atoms with Gasteiger partial charge in [0.1, 0.15) is 17.0 Å². The highest BCUT2D eigenvalue weighted by Gasteiger charge is 2.18. The molecular weight excluding hydrogens is 328 g/mol. The third-order valence-electron chi connectivity index (χ3n) is 3.52. The molecule has 0 fully saturated rings. The summed E-state index contributed by atoms with van der Waals surface area (Å²) in [6, 6.07) is 10.8. The van der Waals surface area contributed by atoms with Gasteiger partial charge < -0.3 is 14.8 Å². The van der Waals surface area contributed by atoms with Crippen LogP contribution in [0.3, 0.4) is 0 Å². The fourth-order valence-corrected chi connectivity index (χ4v) is 2.34. The molecule has 0 unspecified atom stereocenters. The van der Waals surface area contributed by atoms with E-state index in [-0.39, 0.29) is 22.3 Å². The van der Waals surface area contributed by atoms with E-state index in [9.17, 15) is 20.0 Å². The Morgan fingerprint density at radius 1 is 1.16 bits per heavy atom. The van der Waals surface area contributed by atoms with Crippen molar-refractivity contribution >= 4 is 28.0 Å². The Kier molecular flexibility index (Phi) is 4.12. The molecule has 9 heteroatoms. The summed E-state index contributed by atoms with van der Waals surface area (Å²) in [4.78, 5) is 25.0. The molecule has 2 N–H and O–H groups in total. The van der Waals surface area contributed by atoms with Crippen LogP contribution in [0.5, 0.6) is 11.5 Å². The van der Waals surface area contributed by atoms with Crippen LogP contribution in [0.4, 0.5) is 17.1 Å². The quantitative estimate of drug-likeness (QED) is 0.426. The third-order valence-corrected chi connectivity index (χ3v) is 3.52. The van der Waals surface area contributed by atoms with Crippen LogP contribution in [0, 0.1) is 10.1 Å². The second kappa shape index (κ2) is 6.40.